The van der Waals surface area contributed by atoms with Gasteiger partial charge >= 0.3 is 0 Å². The third kappa shape index (κ3) is 3.67. The second-order valence-electron chi connectivity index (χ2n) is 9.64. The van der Waals surface area contributed by atoms with E-state index in [0.717, 1.165) is 55.0 Å². The number of amides is 1. The van der Waals surface area contributed by atoms with Gasteiger partial charge in [0.2, 0.25) is 0 Å². The van der Waals surface area contributed by atoms with Crippen molar-refractivity contribution in [1.29, 1.82) is 0 Å². The molecule has 0 atom stereocenters. The molecule has 5 heterocycles. The molecule has 1 aromatic carbocycles. The summed E-state index contributed by atoms with van der Waals surface area (Å²) in [4.78, 5) is 24.2. The van der Waals surface area contributed by atoms with Crippen LogP contribution in [0.2, 0.25) is 0 Å². The first kappa shape index (κ1) is 20.7. The van der Waals surface area contributed by atoms with Crippen molar-refractivity contribution >= 4 is 22.9 Å². The van der Waals surface area contributed by atoms with Crippen LogP contribution in [0.4, 0.5) is 11.4 Å². The molecular formula is C25H27N7O2. The Bertz CT molecular complexity index is 1350. The van der Waals surface area contributed by atoms with Crippen LogP contribution in [-0.2, 0) is 6.42 Å². The average molecular weight is 458 g/mol. The molecule has 6 rings (SSSR count). The van der Waals surface area contributed by atoms with Crippen molar-refractivity contribution in [1.82, 2.24) is 24.1 Å². The highest BCUT2D eigenvalue weighted by Crippen LogP contribution is 2.42. The SMILES string of the molecule is CC1(C)Cc2cc(NC(=O)c3cnn4cccnc34)c(N3CCC(n4ccnc4)CC3)cc2O1. The first-order chi connectivity index (χ1) is 16.5. The second-order valence-corrected chi connectivity index (χ2v) is 9.64. The van der Waals surface area contributed by atoms with Crippen LogP contribution in [-0.4, -0.2) is 48.7 Å². The standard InChI is InChI=1S/C25H27N7O2/c1-25(2)14-17-12-20(29-24(33)19-15-28-32-8-3-6-27-23(19)32)21(13-22(17)34-25)30-9-4-18(5-10-30)31-11-7-26-16-31/h3,6-8,11-13,15-16,18H,4-5,9-10,14H2,1-2H3,(H,29,33). The van der Waals surface area contributed by atoms with Crippen molar-refractivity contribution in [3.8, 4) is 5.75 Å². The molecule has 2 aliphatic rings. The van der Waals surface area contributed by atoms with Crippen LogP contribution in [0.15, 0.2) is 55.5 Å². The number of nitrogens with zero attached hydrogens (tertiary/aromatic N) is 6. The molecule has 0 radical (unpaired) electrons. The van der Waals surface area contributed by atoms with Crippen molar-refractivity contribution in [3.63, 3.8) is 0 Å². The number of ether oxygens (including phenoxy) is 1. The molecule has 0 spiro atoms. The van der Waals surface area contributed by atoms with E-state index in [4.69, 9.17) is 4.74 Å². The number of rotatable bonds is 4. The summed E-state index contributed by atoms with van der Waals surface area (Å²) < 4.78 is 10.0. The van der Waals surface area contributed by atoms with E-state index in [9.17, 15) is 4.79 Å². The first-order valence-electron chi connectivity index (χ1n) is 11.6. The molecule has 0 aliphatic carbocycles. The molecule has 0 unspecified atom stereocenters. The van der Waals surface area contributed by atoms with Crippen molar-refractivity contribution in [2.24, 2.45) is 0 Å². The van der Waals surface area contributed by atoms with Gasteiger partial charge in [-0.3, -0.25) is 4.79 Å². The van der Waals surface area contributed by atoms with Crippen molar-refractivity contribution in [2.45, 2.75) is 44.8 Å². The zero-order valence-corrected chi connectivity index (χ0v) is 19.3. The van der Waals surface area contributed by atoms with Gasteiger partial charge in [0.05, 0.1) is 23.9 Å². The number of aromatic nitrogens is 5. The Morgan fingerprint density at radius 2 is 2.03 bits per heavy atom. The van der Waals surface area contributed by atoms with Crippen LogP contribution in [0, 0.1) is 0 Å². The highest BCUT2D eigenvalue weighted by Gasteiger charge is 2.33. The van der Waals surface area contributed by atoms with Gasteiger partial charge in [-0.1, -0.05) is 0 Å². The van der Waals surface area contributed by atoms with E-state index in [1.165, 1.54) is 0 Å². The number of nitrogens with one attached hydrogen (secondary N) is 1. The molecule has 3 aromatic heterocycles. The van der Waals surface area contributed by atoms with Crippen LogP contribution >= 0.6 is 0 Å². The Morgan fingerprint density at radius 3 is 2.82 bits per heavy atom. The predicted molar refractivity (Wildman–Crippen MR) is 129 cm³/mol. The monoisotopic (exact) mass is 457 g/mol. The predicted octanol–water partition coefficient (Wildman–Crippen LogP) is 3.73. The minimum atomic E-state index is -0.261. The minimum absolute atomic E-state index is 0.221. The maximum atomic E-state index is 13.3. The highest BCUT2D eigenvalue weighted by molar-refractivity contribution is 6.09. The van der Waals surface area contributed by atoms with Crippen molar-refractivity contribution < 1.29 is 9.53 Å². The average Bonchev–Trinajstić information content (AvgIpc) is 3.56. The molecule has 1 amide bonds. The number of carbonyl (C=O) groups excluding carboxylic acids is 1. The van der Waals surface area contributed by atoms with E-state index in [0.29, 0.717) is 17.3 Å². The van der Waals surface area contributed by atoms with Crippen LogP contribution in [0.5, 0.6) is 5.75 Å². The van der Waals surface area contributed by atoms with Gasteiger partial charge in [0.1, 0.15) is 16.9 Å². The van der Waals surface area contributed by atoms with E-state index in [-0.39, 0.29) is 11.5 Å². The first-order valence-corrected chi connectivity index (χ1v) is 11.6. The Hall–Kier alpha value is -3.88. The second kappa shape index (κ2) is 7.86. The fourth-order valence-electron chi connectivity index (χ4n) is 5.07. The zero-order chi connectivity index (χ0) is 23.3. The third-order valence-electron chi connectivity index (χ3n) is 6.71. The van der Waals surface area contributed by atoms with Gasteiger partial charge in [-0.2, -0.15) is 5.10 Å². The summed E-state index contributed by atoms with van der Waals surface area (Å²) in [5.41, 5.74) is 3.61. The lowest BCUT2D eigenvalue weighted by Crippen LogP contribution is -2.35. The van der Waals surface area contributed by atoms with Crippen LogP contribution < -0.4 is 15.0 Å². The molecule has 0 saturated carbocycles. The Morgan fingerprint density at radius 1 is 1.18 bits per heavy atom. The van der Waals surface area contributed by atoms with Gasteiger partial charge in [0.15, 0.2) is 5.65 Å². The van der Waals surface area contributed by atoms with Crippen LogP contribution in [0.1, 0.15) is 48.7 Å². The molecule has 9 nitrogen and oxygen atoms in total. The van der Waals surface area contributed by atoms with Gasteiger partial charge in [-0.15, -0.1) is 0 Å². The number of piperidine rings is 1. The fourth-order valence-corrected chi connectivity index (χ4v) is 5.07. The smallest absolute Gasteiger partial charge is 0.261 e. The third-order valence-corrected chi connectivity index (χ3v) is 6.71. The summed E-state index contributed by atoms with van der Waals surface area (Å²) in [5, 5.41) is 7.41. The minimum Gasteiger partial charge on any atom is -0.487 e. The zero-order valence-electron chi connectivity index (χ0n) is 19.3. The summed E-state index contributed by atoms with van der Waals surface area (Å²) in [6.45, 7) is 5.94. The quantitative estimate of drug-likeness (QED) is 0.502. The molecule has 1 fully saturated rings. The molecule has 0 bridgehead atoms. The Balaban J connectivity index is 1.31. The molecule has 2 aliphatic heterocycles. The maximum Gasteiger partial charge on any atom is 0.261 e. The Labute approximate surface area is 197 Å². The lowest BCUT2D eigenvalue weighted by Gasteiger charge is -2.35. The van der Waals surface area contributed by atoms with E-state index >= 15 is 0 Å². The number of anilines is 2. The molecule has 1 N–H and O–H groups in total. The highest BCUT2D eigenvalue weighted by atomic mass is 16.5. The summed E-state index contributed by atoms with van der Waals surface area (Å²) in [6, 6.07) is 6.38. The topological polar surface area (TPSA) is 89.6 Å². The van der Waals surface area contributed by atoms with E-state index in [2.05, 4.69) is 55.8 Å². The molecular weight excluding hydrogens is 430 g/mol. The number of hydrogen-bond acceptors (Lipinski definition) is 6. The molecule has 1 saturated heterocycles. The lowest BCUT2D eigenvalue weighted by atomic mass is 9.99. The number of carbonyl (C=O) groups is 1. The van der Waals surface area contributed by atoms with Crippen molar-refractivity contribution in [2.75, 3.05) is 23.3 Å². The number of hydrogen-bond donors (Lipinski definition) is 1. The summed E-state index contributed by atoms with van der Waals surface area (Å²) >= 11 is 0. The van der Waals surface area contributed by atoms with Crippen molar-refractivity contribution in [3.05, 3.63) is 66.6 Å². The molecule has 34 heavy (non-hydrogen) atoms. The van der Waals surface area contributed by atoms with Crippen LogP contribution in [0.25, 0.3) is 5.65 Å². The van der Waals surface area contributed by atoms with Gasteiger partial charge in [0.25, 0.3) is 5.91 Å². The summed E-state index contributed by atoms with van der Waals surface area (Å²) in [6.07, 6.45) is 13.6. The van der Waals surface area contributed by atoms with Gasteiger partial charge < -0.3 is 19.5 Å². The van der Waals surface area contributed by atoms with E-state index < -0.39 is 0 Å². The van der Waals surface area contributed by atoms with E-state index in [1.807, 2.05) is 18.7 Å². The maximum absolute atomic E-state index is 13.3. The Kier molecular flexibility index (Phi) is 4.79. The summed E-state index contributed by atoms with van der Waals surface area (Å²) in [7, 11) is 0. The summed E-state index contributed by atoms with van der Waals surface area (Å²) in [5.74, 6) is 0.675. The van der Waals surface area contributed by atoms with Gasteiger partial charge in [-0.05, 0) is 38.8 Å². The largest absolute Gasteiger partial charge is 0.487 e. The van der Waals surface area contributed by atoms with E-state index in [1.54, 1.807) is 29.2 Å². The van der Waals surface area contributed by atoms with Crippen LogP contribution in [0.3, 0.4) is 0 Å². The number of imidazole rings is 1. The molecule has 9 heteroatoms. The molecule has 174 valence electrons. The normalized spacial score (nSPS) is 17.5. The number of fused-ring (bicyclic) bond motifs is 2. The van der Waals surface area contributed by atoms with Gasteiger partial charge in [0, 0.05) is 62.0 Å². The fraction of sp³-hybridized carbons (Fsp3) is 0.360. The lowest BCUT2D eigenvalue weighted by molar-refractivity contribution is 0.102. The number of benzene rings is 1. The van der Waals surface area contributed by atoms with Gasteiger partial charge in [-0.25, -0.2) is 14.5 Å². The molecule has 4 aromatic rings.